The van der Waals surface area contributed by atoms with Crippen molar-refractivity contribution < 1.29 is 14.3 Å². The summed E-state index contributed by atoms with van der Waals surface area (Å²) in [6.45, 7) is 5.28. The quantitative estimate of drug-likeness (QED) is 0.687. The summed E-state index contributed by atoms with van der Waals surface area (Å²) < 4.78 is 4.71. The fraction of sp³-hybridized carbons (Fsp3) is 0.818. The van der Waals surface area contributed by atoms with E-state index in [0.29, 0.717) is 6.54 Å². The van der Waals surface area contributed by atoms with Gasteiger partial charge in [-0.05, 0) is 19.9 Å². The van der Waals surface area contributed by atoms with E-state index in [1.54, 1.807) is 0 Å². The molecule has 1 amide bonds. The lowest BCUT2D eigenvalue weighted by atomic mass is 10.0. The van der Waals surface area contributed by atoms with Crippen molar-refractivity contribution in [3.8, 4) is 0 Å². The summed E-state index contributed by atoms with van der Waals surface area (Å²) in [6.07, 6.45) is 0.785. The van der Waals surface area contributed by atoms with Gasteiger partial charge in [-0.1, -0.05) is 6.92 Å². The summed E-state index contributed by atoms with van der Waals surface area (Å²) in [5, 5.41) is 0. The number of hydrogen-bond donors (Lipinski definition) is 1. The van der Waals surface area contributed by atoms with Crippen LogP contribution in [0.2, 0.25) is 0 Å². The van der Waals surface area contributed by atoms with E-state index in [0.717, 1.165) is 13.0 Å². The average molecular weight is 228 g/mol. The minimum absolute atomic E-state index is 0.0766. The molecule has 0 bridgehead atoms. The zero-order chi connectivity index (χ0) is 12.3. The van der Waals surface area contributed by atoms with Gasteiger partial charge >= 0.3 is 5.97 Å². The van der Waals surface area contributed by atoms with E-state index in [1.807, 2.05) is 13.8 Å². The Balaban J connectivity index is 2.53. The number of carbonyl (C=O) groups excluding carboxylic acids is 2. The number of amides is 1. The molecule has 5 heteroatoms. The van der Waals surface area contributed by atoms with Gasteiger partial charge < -0.3 is 10.5 Å². The van der Waals surface area contributed by atoms with Crippen molar-refractivity contribution in [1.29, 1.82) is 0 Å². The average Bonchev–Trinajstić information content (AvgIpc) is 2.75. The molecule has 3 atom stereocenters. The maximum absolute atomic E-state index is 11.4. The van der Waals surface area contributed by atoms with Crippen molar-refractivity contribution in [3.05, 3.63) is 0 Å². The molecular formula is C11H20N2O3. The minimum Gasteiger partial charge on any atom is -0.469 e. The molecule has 1 saturated heterocycles. The molecule has 1 fully saturated rings. The smallest absolute Gasteiger partial charge is 0.309 e. The van der Waals surface area contributed by atoms with Crippen molar-refractivity contribution in [2.75, 3.05) is 20.2 Å². The maximum Gasteiger partial charge on any atom is 0.309 e. The number of methoxy groups -OCH3 is 1. The van der Waals surface area contributed by atoms with Crippen LogP contribution in [0.3, 0.4) is 0 Å². The van der Waals surface area contributed by atoms with E-state index in [-0.39, 0.29) is 29.8 Å². The van der Waals surface area contributed by atoms with Gasteiger partial charge in [0.25, 0.3) is 0 Å². The largest absolute Gasteiger partial charge is 0.469 e. The Morgan fingerprint density at radius 3 is 2.50 bits per heavy atom. The second-order valence-corrected chi connectivity index (χ2v) is 4.44. The van der Waals surface area contributed by atoms with Crippen molar-refractivity contribution in [1.82, 2.24) is 4.90 Å². The van der Waals surface area contributed by atoms with Crippen LogP contribution in [0.4, 0.5) is 0 Å². The van der Waals surface area contributed by atoms with E-state index < -0.39 is 0 Å². The van der Waals surface area contributed by atoms with Gasteiger partial charge in [0.05, 0.1) is 18.9 Å². The number of nitrogens with two attached hydrogens (primary N) is 1. The number of rotatable bonds is 4. The van der Waals surface area contributed by atoms with Crippen molar-refractivity contribution in [2.45, 2.75) is 26.3 Å². The first-order valence-corrected chi connectivity index (χ1v) is 5.58. The predicted molar refractivity (Wildman–Crippen MR) is 59.5 cm³/mol. The zero-order valence-electron chi connectivity index (χ0n) is 10.1. The molecule has 0 spiro atoms. The molecule has 1 aliphatic heterocycles. The standard InChI is InChI=1S/C11H20N2O3/c1-7(11(15)16-3)8(2)13-5-4-9(6-13)10(12)14/h7-9H,4-6H2,1-3H3,(H2,12,14). The SMILES string of the molecule is COC(=O)C(C)C(C)N1CCC(C(N)=O)C1. The van der Waals surface area contributed by atoms with Crippen LogP contribution in [-0.4, -0.2) is 43.0 Å². The summed E-state index contributed by atoms with van der Waals surface area (Å²) in [7, 11) is 1.39. The lowest BCUT2D eigenvalue weighted by molar-refractivity contribution is -0.146. The van der Waals surface area contributed by atoms with Crippen molar-refractivity contribution in [2.24, 2.45) is 17.6 Å². The highest BCUT2D eigenvalue weighted by atomic mass is 16.5. The first-order chi connectivity index (χ1) is 7.47. The fourth-order valence-electron chi connectivity index (χ4n) is 2.09. The van der Waals surface area contributed by atoms with Gasteiger partial charge in [0, 0.05) is 12.6 Å². The number of carbonyl (C=O) groups is 2. The molecular weight excluding hydrogens is 208 g/mol. The van der Waals surface area contributed by atoms with Crippen LogP contribution >= 0.6 is 0 Å². The Kier molecular flexibility index (Phi) is 4.29. The third kappa shape index (κ3) is 2.72. The lowest BCUT2D eigenvalue weighted by Gasteiger charge is -2.27. The molecule has 0 aromatic heterocycles. The molecule has 3 unspecified atom stereocenters. The highest BCUT2D eigenvalue weighted by Crippen LogP contribution is 2.22. The molecule has 16 heavy (non-hydrogen) atoms. The van der Waals surface area contributed by atoms with Crippen LogP contribution in [0.15, 0.2) is 0 Å². The summed E-state index contributed by atoms with van der Waals surface area (Å²) in [5.74, 6) is -0.723. The van der Waals surface area contributed by atoms with Crippen LogP contribution in [0.5, 0.6) is 0 Å². The number of ether oxygens (including phenoxy) is 1. The topological polar surface area (TPSA) is 72.6 Å². The Morgan fingerprint density at radius 1 is 1.44 bits per heavy atom. The van der Waals surface area contributed by atoms with Gasteiger partial charge in [-0.2, -0.15) is 0 Å². The molecule has 5 nitrogen and oxygen atoms in total. The number of esters is 1. The third-order valence-corrected chi connectivity index (χ3v) is 3.49. The van der Waals surface area contributed by atoms with E-state index in [9.17, 15) is 9.59 Å². The highest BCUT2D eigenvalue weighted by Gasteiger charge is 2.33. The van der Waals surface area contributed by atoms with Gasteiger partial charge in [0.15, 0.2) is 0 Å². The number of nitrogens with zero attached hydrogens (tertiary/aromatic N) is 1. The summed E-state index contributed by atoms with van der Waals surface area (Å²) in [6, 6.07) is 0.0804. The van der Waals surface area contributed by atoms with Crippen LogP contribution in [0.1, 0.15) is 20.3 Å². The zero-order valence-corrected chi connectivity index (χ0v) is 10.1. The molecule has 2 N–H and O–H groups in total. The minimum atomic E-state index is -0.250. The van der Waals surface area contributed by atoms with Crippen LogP contribution in [-0.2, 0) is 14.3 Å². The Labute approximate surface area is 95.9 Å². The van der Waals surface area contributed by atoms with Gasteiger partial charge in [0.2, 0.25) is 5.91 Å². The van der Waals surface area contributed by atoms with Gasteiger partial charge in [0.1, 0.15) is 0 Å². The third-order valence-electron chi connectivity index (χ3n) is 3.49. The lowest BCUT2D eigenvalue weighted by Crippen LogP contribution is -2.40. The second-order valence-electron chi connectivity index (χ2n) is 4.44. The van der Waals surface area contributed by atoms with E-state index in [2.05, 4.69) is 4.90 Å². The molecule has 0 saturated carbocycles. The molecule has 0 aliphatic carbocycles. The first kappa shape index (κ1) is 13.0. The van der Waals surface area contributed by atoms with Crippen LogP contribution in [0, 0.1) is 11.8 Å². The Hall–Kier alpha value is -1.10. The van der Waals surface area contributed by atoms with Gasteiger partial charge in [-0.25, -0.2) is 0 Å². The van der Waals surface area contributed by atoms with Crippen molar-refractivity contribution in [3.63, 3.8) is 0 Å². The van der Waals surface area contributed by atoms with Gasteiger partial charge in [-0.3, -0.25) is 14.5 Å². The van der Waals surface area contributed by atoms with Crippen molar-refractivity contribution >= 4 is 11.9 Å². The second kappa shape index (κ2) is 5.30. The Morgan fingerprint density at radius 2 is 2.06 bits per heavy atom. The maximum atomic E-state index is 11.4. The fourth-order valence-corrected chi connectivity index (χ4v) is 2.09. The molecule has 0 aromatic carbocycles. The van der Waals surface area contributed by atoms with Gasteiger partial charge in [-0.15, -0.1) is 0 Å². The summed E-state index contributed by atoms with van der Waals surface area (Å²) in [4.78, 5) is 24.5. The Bertz CT molecular complexity index is 280. The normalized spacial score (nSPS) is 25.1. The van der Waals surface area contributed by atoms with E-state index in [1.165, 1.54) is 7.11 Å². The summed E-state index contributed by atoms with van der Waals surface area (Å²) >= 11 is 0. The first-order valence-electron chi connectivity index (χ1n) is 5.58. The monoisotopic (exact) mass is 228 g/mol. The molecule has 1 aliphatic rings. The van der Waals surface area contributed by atoms with E-state index in [4.69, 9.17) is 10.5 Å². The predicted octanol–water partition coefficient (Wildman–Crippen LogP) is -0.00880. The van der Waals surface area contributed by atoms with Crippen LogP contribution in [0.25, 0.3) is 0 Å². The highest BCUT2D eigenvalue weighted by molar-refractivity contribution is 5.77. The number of hydrogen-bond acceptors (Lipinski definition) is 4. The number of likely N-dealkylation sites (tertiary alicyclic amines) is 1. The summed E-state index contributed by atoms with van der Waals surface area (Å²) in [5.41, 5.74) is 5.26. The molecule has 1 heterocycles. The molecule has 0 aromatic rings. The van der Waals surface area contributed by atoms with E-state index >= 15 is 0 Å². The molecule has 92 valence electrons. The molecule has 1 rings (SSSR count). The number of primary amides is 1. The van der Waals surface area contributed by atoms with Crippen LogP contribution < -0.4 is 5.73 Å². The molecule has 0 radical (unpaired) electrons.